The molecule has 8 heteroatoms. The van der Waals surface area contributed by atoms with Crippen LogP contribution in [-0.4, -0.2) is 30.1 Å². The monoisotopic (exact) mass is 445 g/mol. The van der Waals surface area contributed by atoms with Crippen molar-refractivity contribution >= 4 is 35.2 Å². The van der Waals surface area contributed by atoms with Crippen molar-refractivity contribution in [2.75, 3.05) is 11.9 Å². The zero-order valence-electron chi connectivity index (χ0n) is 18.0. The van der Waals surface area contributed by atoms with E-state index in [9.17, 15) is 14.4 Å². The lowest BCUT2D eigenvalue weighted by Crippen LogP contribution is -2.37. The van der Waals surface area contributed by atoms with Gasteiger partial charge in [-0.1, -0.05) is 35.9 Å². The number of benzene rings is 2. The van der Waals surface area contributed by atoms with Crippen LogP contribution >= 0.6 is 11.6 Å². The summed E-state index contributed by atoms with van der Waals surface area (Å²) in [7, 11) is 0. The van der Waals surface area contributed by atoms with Crippen LogP contribution in [0.25, 0.3) is 0 Å². The maximum Gasteiger partial charge on any atom is 0.408 e. The summed E-state index contributed by atoms with van der Waals surface area (Å²) in [4.78, 5) is 35.6. The van der Waals surface area contributed by atoms with E-state index in [0.717, 1.165) is 11.1 Å². The lowest BCUT2D eigenvalue weighted by molar-refractivity contribution is -0.121. The number of nitrogens with one attached hydrogen (secondary N) is 3. The van der Waals surface area contributed by atoms with E-state index in [2.05, 4.69) is 16.0 Å². The van der Waals surface area contributed by atoms with Crippen molar-refractivity contribution in [1.82, 2.24) is 10.6 Å². The molecule has 31 heavy (non-hydrogen) atoms. The Balaban J connectivity index is 1.69. The van der Waals surface area contributed by atoms with Crippen LogP contribution in [0.2, 0.25) is 5.02 Å². The van der Waals surface area contributed by atoms with Crippen molar-refractivity contribution in [3.63, 3.8) is 0 Å². The first-order chi connectivity index (χ1) is 14.6. The third-order valence-corrected chi connectivity index (χ3v) is 4.33. The highest BCUT2D eigenvalue weighted by Crippen LogP contribution is 2.12. The molecule has 2 aromatic carbocycles. The topological polar surface area (TPSA) is 96.5 Å². The molecular formula is C23H28ClN3O4. The third-order valence-electron chi connectivity index (χ3n) is 4.07. The van der Waals surface area contributed by atoms with Crippen LogP contribution in [0, 0.1) is 0 Å². The second-order valence-corrected chi connectivity index (χ2v) is 8.44. The van der Waals surface area contributed by atoms with Gasteiger partial charge in [-0.3, -0.25) is 9.59 Å². The van der Waals surface area contributed by atoms with Crippen LogP contribution in [0.3, 0.4) is 0 Å². The quantitative estimate of drug-likeness (QED) is 0.571. The average Bonchev–Trinajstić information content (AvgIpc) is 2.70. The molecule has 3 amide bonds. The van der Waals surface area contributed by atoms with Gasteiger partial charge in [0.1, 0.15) is 12.1 Å². The van der Waals surface area contributed by atoms with Crippen LogP contribution in [0.15, 0.2) is 48.5 Å². The number of anilines is 1. The van der Waals surface area contributed by atoms with Crippen LogP contribution in [0.4, 0.5) is 10.5 Å². The molecule has 0 aliphatic carbocycles. The van der Waals surface area contributed by atoms with Gasteiger partial charge in [0.25, 0.3) is 0 Å². The minimum Gasteiger partial charge on any atom is -0.444 e. The predicted octanol–water partition coefficient (Wildman–Crippen LogP) is 4.05. The molecule has 0 aliphatic rings. The summed E-state index contributed by atoms with van der Waals surface area (Å²) in [5.74, 6) is -0.408. The number of aryl methyl sites for hydroxylation is 1. The normalized spacial score (nSPS) is 10.8. The van der Waals surface area contributed by atoms with Crippen molar-refractivity contribution in [2.24, 2.45) is 0 Å². The molecule has 3 N–H and O–H groups in total. The summed E-state index contributed by atoms with van der Waals surface area (Å²) < 4.78 is 5.08. The number of hydrogen-bond donors (Lipinski definition) is 3. The van der Waals surface area contributed by atoms with Gasteiger partial charge in [-0.15, -0.1) is 0 Å². The largest absolute Gasteiger partial charge is 0.444 e. The number of hydrogen-bond acceptors (Lipinski definition) is 4. The van der Waals surface area contributed by atoms with E-state index < -0.39 is 11.7 Å². The number of carbonyl (C=O) groups excluding carboxylic acids is 3. The summed E-state index contributed by atoms with van der Waals surface area (Å²) in [6, 6.07) is 14.5. The van der Waals surface area contributed by atoms with Crippen molar-refractivity contribution in [3.05, 3.63) is 64.7 Å². The molecule has 0 unspecified atom stereocenters. The van der Waals surface area contributed by atoms with E-state index in [1.165, 1.54) is 0 Å². The molecule has 0 spiro atoms. The summed E-state index contributed by atoms with van der Waals surface area (Å²) >= 11 is 5.86. The zero-order valence-corrected chi connectivity index (χ0v) is 18.7. The summed E-state index contributed by atoms with van der Waals surface area (Å²) in [6.45, 7) is 5.44. The maximum atomic E-state index is 12.0. The molecule has 0 atom stereocenters. The Morgan fingerprint density at radius 2 is 1.48 bits per heavy atom. The third kappa shape index (κ3) is 10.00. The molecule has 0 radical (unpaired) electrons. The lowest BCUT2D eigenvalue weighted by Gasteiger charge is -2.19. The van der Waals surface area contributed by atoms with Crippen LogP contribution in [-0.2, 0) is 27.3 Å². The Morgan fingerprint density at radius 1 is 0.871 bits per heavy atom. The van der Waals surface area contributed by atoms with Gasteiger partial charge in [0, 0.05) is 23.7 Å². The Bertz CT molecular complexity index is 891. The molecule has 0 fully saturated rings. The Hall–Kier alpha value is -3.06. The number of halogens is 1. The Morgan fingerprint density at radius 3 is 2.10 bits per heavy atom. The highest BCUT2D eigenvalue weighted by molar-refractivity contribution is 6.30. The van der Waals surface area contributed by atoms with Gasteiger partial charge in [0.05, 0.1) is 0 Å². The summed E-state index contributed by atoms with van der Waals surface area (Å²) in [6.07, 6.45) is 0.385. The molecule has 0 aliphatic heterocycles. The second kappa shape index (κ2) is 11.4. The van der Waals surface area contributed by atoms with E-state index in [4.69, 9.17) is 16.3 Å². The number of amides is 3. The molecule has 0 heterocycles. The molecule has 7 nitrogen and oxygen atoms in total. The van der Waals surface area contributed by atoms with Crippen LogP contribution in [0.5, 0.6) is 0 Å². The first-order valence-electron chi connectivity index (χ1n) is 9.97. The van der Waals surface area contributed by atoms with Crippen molar-refractivity contribution in [3.8, 4) is 0 Å². The average molecular weight is 446 g/mol. The standard InChI is InChI=1S/C23H28ClN3O4/c1-23(2,3)31-22(30)26-15-21(29)27-19-11-6-17(7-12-19)14-25-20(28)13-8-16-4-9-18(24)10-5-16/h4-7,9-12H,8,13-15H2,1-3H3,(H,25,28)(H,26,30)(H,27,29). The van der Waals surface area contributed by atoms with Crippen LogP contribution < -0.4 is 16.0 Å². The van der Waals surface area contributed by atoms with Crippen LogP contribution in [0.1, 0.15) is 38.3 Å². The van der Waals surface area contributed by atoms with Gasteiger partial charge in [-0.2, -0.15) is 0 Å². The SMILES string of the molecule is CC(C)(C)OC(=O)NCC(=O)Nc1ccc(CNC(=O)CCc2ccc(Cl)cc2)cc1. The van der Waals surface area contributed by atoms with Crippen molar-refractivity contribution < 1.29 is 19.1 Å². The van der Waals surface area contributed by atoms with Crippen molar-refractivity contribution in [1.29, 1.82) is 0 Å². The first-order valence-corrected chi connectivity index (χ1v) is 10.4. The van der Waals surface area contributed by atoms with Gasteiger partial charge in [0.2, 0.25) is 11.8 Å². The molecule has 0 bridgehead atoms. The van der Waals surface area contributed by atoms with E-state index >= 15 is 0 Å². The first kappa shape index (κ1) is 24.2. The highest BCUT2D eigenvalue weighted by Gasteiger charge is 2.16. The highest BCUT2D eigenvalue weighted by atomic mass is 35.5. The minimum absolute atomic E-state index is 0.0412. The Kier molecular flexibility index (Phi) is 8.88. The smallest absolute Gasteiger partial charge is 0.408 e. The van der Waals surface area contributed by atoms with E-state index in [0.29, 0.717) is 30.1 Å². The number of carbonyl (C=O) groups is 3. The molecule has 166 valence electrons. The molecule has 0 aromatic heterocycles. The van der Waals surface area contributed by atoms with Gasteiger partial charge in [-0.05, 0) is 62.6 Å². The molecular weight excluding hydrogens is 418 g/mol. The minimum atomic E-state index is -0.648. The molecule has 0 saturated heterocycles. The van der Waals surface area contributed by atoms with Gasteiger partial charge in [0.15, 0.2) is 0 Å². The zero-order chi connectivity index (χ0) is 22.9. The van der Waals surface area contributed by atoms with E-state index in [-0.39, 0.29) is 18.4 Å². The van der Waals surface area contributed by atoms with Gasteiger partial charge in [-0.25, -0.2) is 4.79 Å². The second-order valence-electron chi connectivity index (χ2n) is 8.00. The fourth-order valence-electron chi connectivity index (χ4n) is 2.58. The van der Waals surface area contributed by atoms with E-state index in [1.54, 1.807) is 32.9 Å². The predicted molar refractivity (Wildman–Crippen MR) is 121 cm³/mol. The van der Waals surface area contributed by atoms with E-state index in [1.807, 2.05) is 36.4 Å². The maximum absolute atomic E-state index is 12.0. The number of ether oxygens (including phenoxy) is 1. The van der Waals surface area contributed by atoms with Gasteiger partial charge < -0.3 is 20.7 Å². The van der Waals surface area contributed by atoms with Gasteiger partial charge >= 0.3 is 6.09 Å². The number of alkyl carbamates (subject to hydrolysis) is 1. The molecule has 2 rings (SSSR count). The summed E-state index contributed by atoms with van der Waals surface area (Å²) in [5.41, 5.74) is 1.93. The number of rotatable bonds is 8. The van der Waals surface area contributed by atoms with Crippen molar-refractivity contribution in [2.45, 2.75) is 45.8 Å². The lowest BCUT2D eigenvalue weighted by atomic mass is 10.1. The fourth-order valence-corrected chi connectivity index (χ4v) is 2.70. The Labute approximate surface area is 187 Å². The fraction of sp³-hybridized carbons (Fsp3) is 0.348. The molecule has 2 aromatic rings. The molecule has 0 saturated carbocycles. The summed E-state index contributed by atoms with van der Waals surface area (Å²) in [5, 5.41) is 8.64.